The Morgan fingerprint density at radius 2 is 2.04 bits per heavy atom. The molecule has 2 fully saturated rings. The van der Waals surface area contributed by atoms with Crippen LogP contribution in [-0.2, 0) is 9.59 Å². The molecule has 4 rings (SSSR count). The Labute approximate surface area is 172 Å². The molecule has 1 aromatic carbocycles. The van der Waals surface area contributed by atoms with E-state index >= 15 is 0 Å². The number of fused-ring (bicyclic) bond motifs is 1. The number of carbonyl (C=O) groups excluding carboxylic acids is 2. The Morgan fingerprint density at radius 3 is 2.68 bits per heavy atom. The lowest BCUT2D eigenvalue weighted by atomic mass is 9.95. The molecule has 3 heterocycles. The second-order valence-electron chi connectivity index (χ2n) is 7.01. The second-order valence-corrected chi connectivity index (χ2v) is 8.78. The molecule has 9 heteroatoms. The lowest BCUT2D eigenvalue weighted by Crippen LogP contribution is -2.70. The topological polar surface area (TPSA) is 113 Å². The van der Waals surface area contributed by atoms with Gasteiger partial charge in [-0.3, -0.25) is 9.59 Å². The Hall–Kier alpha value is -2.81. The van der Waals surface area contributed by atoms with Crippen LogP contribution in [0.5, 0.6) is 0 Å². The number of aliphatic carboxylic acids is 1. The summed E-state index contributed by atoms with van der Waals surface area (Å²) < 4.78 is 44.0. The Morgan fingerprint density at radius 1 is 1.36 bits per heavy atom. The minimum Gasteiger partial charge on any atom is -0.480 e. The summed E-state index contributed by atoms with van der Waals surface area (Å²) in [5.74, 6) is -2.43. The molecule has 0 spiro atoms. The average Bonchev–Trinajstić information content (AvgIpc) is 3.24. The second kappa shape index (κ2) is 6.37. The van der Waals surface area contributed by atoms with E-state index in [9.17, 15) is 19.5 Å². The van der Waals surface area contributed by atoms with Crippen molar-refractivity contribution < 1.29 is 30.9 Å². The van der Waals surface area contributed by atoms with Crippen molar-refractivity contribution >= 4 is 29.5 Å². The van der Waals surface area contributed by atoms with Gasteiger partial charge in [-0.25, -0.2) is 4.79 Å². The molecule has 28 heavy (non-hydrogen) atoms. The number of carbonyl (C=O) groups is 3. The van der Waals surface area contributed by atoms with Crippen molar-refractivity contribution in [3.05, 3.63) is 41.5 Å². The summed E-state index contributed by atoms with van der Waals surface area (Å²) in [7, 11) is 0. The molecule has 146 valence electrons. The molecule has 0 radical (unpaired) electrons. The zero-order valence-electron chi connectivity index (χ0n) is 20.1. The van der Waals surface area contributed by atoms with Gasteiger partial charge in [0, 0.05) is 10.3 Å². The van der Waals surface area contributed by atoms with Gasteiger partial charge in [0.2, 0.25) is 5.91 Å². The summed E-state index contributed by atoms with van der Waals surface area (Å²) in [6.45, 7) is 4.84. The number of β-lactam (4-membered cyclic amide) rings is 1. The average molecular weight is 406 g/mol. The highest BCUT2D eigenvalue weighted by molar-refractivity contribution is 8.01. The highest BCUT2D eigenvalue weighted by Crippen LogP contribution is 2.50. The number of aryl methyl sites for hydroxylation is 1. The van der Waals surface area contributed by atoms with Crippen LogP contribution >= 0.6 is 11.8 Å². The standard InChI is InChI=1S/C19H19N3O5S/c1-9-11(12(21-27-9)10-7-5-4-6-8-10)15(23)20-13-16(24)22-14(18(25)26)19(2,3)28-17(13)22/h4-8,13-14,17H,1-3H3,(H,20,23)(H,25,26)/t13-,14+,17-/m1/s1/i4D,5D,6D,7D,8D. The number of aromatic nitrogens is 1. The first-order valence-corrected chi connectivity index (χ1v) is 9.24. The lowest BCUT2D eigenvalue weighted by Gasteiger charge is -2.43. The molecule has 3 atom stereocenters. The van der Waals surface area contributed by atoms with Crippen LogP contribution in [0.1, 0.15) is 36.8 Å². The van der Waals surface area contributed by atoms with E-state index < -0.39 is 70.2 Å². The maximum Gasteiger partial charge on any atom is 0.327 e. The van der Waals surface area contributed by atoms with Gasteiger partial charge >= 0.3 is 5.97 Å². The van der Waals surface area contributed by atoms with Gasteiger partial charge < -0.3 is 19.8 Å². The molecule has 2 saturated heterocycles. The molecule has 0 unspecified atom stereocenters. The quantitative estimate of drug-likeness (QED) is 0.746. The van der Waals surface area contributed by atoms with Gasteiger partial charge in [-0.15, -0.1) is 11.8 Å². The lowest BCUT2D eigenvalue weighted by molar-refractivity contribution is -0.159. The fourth-order valence-corrected chi connectivity index (χ4v) is 5.16. The molecule has 2 aliphatic heterocycles. The first kappa shape index (κ1) is 13.4. The van der Waals surface area contributed by atoms with Crippen LogP contribution < -0.4 is 5.32 Å². The van der Waals surface area contributed by atoms with Crippen LogP contribution in [0.2, 0.25) is 0 Å². The highest BCUT2D eigenvalue weighted by atomic mass is 32.2. The van der Waals surface area contributed by atoms with Crippen molar-refractivity contribution in [1.82, 2.24) is 15.4 Å². The van der Waals surface area contributed by atoms with Crippen molar-refractivity contribution in [2.24, 2.45) is 0 Å². The first-order valence-electron chi connectivity index (χ1n) is 10.9. The minimum atomic E-state index is -1.13. The van der Waals surface area contributed by atoms with Crippen molar-refractivity contribution in [3.63, 3.8) is 0 Å². The number of nitrogens with zero attached hydrogens (tertiary/aromatic N) is 2. The number of carboxylic acids is 1. The SMILES string of the molecule is [2H]c1c([2H])c([2H])c(-c2noc(C)c2C(=O)N[C@@H]2C(=O)N3[C@@H]2SC(C)(C)[C@@H]3C(=O)O)c([2H])c1[2H]. The summed E-state index contributed by atoms with van der Waals surface area (Å²) in [5, 5.41) is 15.3. The third-order valence-electron chi connectivity index (χ3n) is 4.79. The van der Waals surface area contributed by atoms with Crippen molar-refractivity contribution in [2.75, 3.05) is 0 Å². The maximum atomic E-state index is 13.1. The monoisotopic (exact) mass is 406 g/mol. The summed E-state index contributed by atoms with van der Waals surface area (Å²) in [6.07, 6.45) is 0. The van der Waals surface area contributed by atoms with Crippen LogP contribution in [0.25, 0.3) is 11.3 Å². The number of hydrogen-bond donors (Lipinski definition) is 2. The summed E-state index contributed by atoms with van der Waals surface area (Å²) >= 11 is 1.26. The molecule has 2 aromatic rings. The molecule has 2 N–H and O–H groups in total. The number of hydrogen-bond acceptors (Lipinski definition) is 6. The fraction of sp³-hybridized carbons (Fsp3) is 0.368. The maximum absolute atomic E-state index is 13.1. The van der Waals surface area contributed by atoms with E-state index in [1.54, 1.807) is 13.8 Å². The van der Waals surface area contributed by atoms with Gasteiger partial charge in [0.25, 0.3) is 5.91 Å². The predicted octanol–water partition coefficient (Wildman–Crippen LogP) is 1.90. The van der Waals surface area contributed by atoms with E-state index in [1.165, 1.54) is 23.6 Å². The van der Waals surface area contributed by atoms with Crippen LogP contribution in [0.3, 0.4) is 0 Å². The van der Waals surface area contributed by atoms with Gasteiger partial charge in [0.15, 0.2) is 0 Å². The van der Waals surface area contributed by atoms with E-state index in [4.69, 9.17) is 11.4 Å². The van der Waals surface area contributed by atoms with E-state index in [1.807, 2.05) is 0 Å². The molecule has 1 aromatic heterocycles. The Bertz CT molecular complexity index is 1200. The summed E-state index contributed by atoms with van der Waals surface area (Å²) in [5.41, 5.74) is -0.711. The van der Waals surface area contributed by atoms with Crippen molar-refractivity contribution in [1.29, 1.82) is 0 Å². The number of thioether (sulfide) groups is 1. The zero-order chi connectivity index (χ0) is 24.6. The zero-order valence-corrected chi connectivity index (χ0v) is 15.9. The van der Waals surface area contributed by atoms with Crippen LogP contribution in [-0.4, -0.2) is 55.2 Å². The molecule has 0 bridgehead atoms. The van der Waals surface area contributed by atoms with Crippen LogP contribution in [0, 0.1) is 6.92 Å². The van der Waals surface area contributed by atoms with Gasteiger partial charge in [-0.1, -0.05) is 35.4 Å². The number of carboxylic acid groups (broad SMARTS) is 1. The molecule has 2 aliphatic rings. The van der Waals surface area contributed by atoms with E-state index in [0.29, 0.717) is 0 Å². The van der Waals surface area contributed by atoms with Gasteiger partial charge in [0.05, 0.1) is 6.85 Å². The Balaban J connectivity index is 1.68. The van der Waals surface area contributed by atoms with Crippen LogP contribution in [0.4, 0.5) is 0 Å². The number of amides is 2. The summed E-state index contributed by atoms with van der Waals surface area (Å²) in [6, 6.07) is -4.90. The van der Waals surface area contributed by atoms with Gasteiger partial charge in [-0.2, -0.15) is 0 Å². The molecular formula is C19H19N3O5S. The number of benzene rings is 1. The molecule has 8 nitrogen and oxygen atoms in total. The normalized spacial score (nSPS) is 27.7. The number of nitrogens with one attached hydrogen (secondary N) is 1. The minimum absolute atomic E-state index is 0.0285. The van der Waals surface area contributed by atoms with Gasteiger partial charge in [-0.05, 0) is 20.8 Å². The van der Waals surface area contributed by atoms with Crippen molar-refractivity contribution in [2.45, 2.75) is 43.0 Å². The fourth-order valence-electron chi connectivity index (χ4n) is 3.54. The van der Waals surface area contributed by atoms with Gasteiger partial charge in [0.1, 0.15) is 34.5 Å². The molecule has 2 amide bonds. The number of rotatable bonds is 4. The largest absolute Gasteiger partial charge is 0.480 e. The van der Waals surface area contributed by atoms with E-state index in [-0.39, 0.29) is 22.6 Å². The molecule has 0 saturated carbocycles. The summed E-state index contributed by atoms with van der Waals surface area (Å²) in [4.78, 5) is 38.7. The van der Waals surface area contributed by atoms with E-state index in [0.717, 1.165) is 0 Å². The van der Waals surface area contributed by atoms with E-state index in [2.05, 4.69) is 10.5 Å². The highest BCUT2D eigenvalue weighted by Gasteiger charge is 2.64. The Kier molecular flexibility index (Phi) is 3.04. The first-order chi connectivity index (χ1) is 15.3. The molecular weight excluding hydrogens is 382 g/mol. The smallest absolute Gasteiger partial charge is 0.327 e. The van der Waals surface area contributed by atoms with Crippen LogP contribution in [0.15, 0.2) is 34.7 Å². The third-order valence-corrected chi connectivity index (χ3v) is 6.36. The third kappa shape index (κ3) is 2.69. The predicted molar refractivity (Wildman–Crippen MR) is 102 cm³/mol. The molecule has 0 aliphatic carbocycles. The van der Waals surface area contributed by atoms with Crippen molar-refractivity contribution in [3.8, 4) is 11.3 Å².